The number of aromatic nitrogens is 1. The Kier molecular flexibility index (Phi) is 3.31. The van der Waals surface area contributed by atoms with Crippen molar-refractivity contribution < 1.29 is 0 Å². The van der Waals surface area contributed by atoms with Crippen LogP contribution in [0.25, 0.3) is 10.9 Å². The number of pyridine rings is 1. The second-order valence-corrected chi connectivity index (χ2v) is 4.87. The van der Waals surface area contributed by atoms with E-state index in [0.717, 1.165) is 28.0 Å². The molecule has 3 N–H and O–H groups in total. The molecule has 0 saturated carbocycles. The number of hydrogen-bond donors (Lipinski definition) is 2. The van der Waals surface area contributed by atoms with Gasteiger partial charge in [-0.05, 0) is 24.3 Å². The topological polar surface area (TPSA) is 50.9 Å². The summed E-state index contributed by atoms with van der Waals surface area (Å²) in [6, 6.07) is 19.6. The third-order valence-corrected chi connectivity index (χ3v) is 3.25. The molecule has 4 heteroatoms. The third-order valence-electron chi connectivity index (χ3n) is 3.03. The lowest BCUT2D eigenvalue weighted by Crippen LogP contribution is -2.11. The molecule has 0 atom stereocenters. The van der Waals surface area contributed by atoms with Crippen LogP contribution < -0.4 is 11.1 Å². The number of hydrogen-bond acceptors (Lipinski definition) is 3. The highest BCUT2D eigenvalue weighted by molar-refractivity contribution is 7.80. The first-order valence-electron chi connectivity index (χ1n) is 6.26. The summed E-state index contributed by atoms with van der Waals surface area (Å²) in [6.45, 7) is 0. The number of anilines is 2. The predicted molar refractivity (Wildman–Crippen MR) is 87.4 cm³/mol. The first-order valence-corrected chi connectivity index (χ1v) is 6.66. The lowest BCUT2D eigenvalue weighted by Gasteiger charge is -2.10. The number of benzene rings is 2. The molecule has 3 rings (SSSR count). The van der Waals surface area contributed by atoms with E-state index in [1.807, 2.05) is 60.7 Å². The van der Waals surface area contributed by atoms with Gasteiger partial charge in [0.15, 0.2) is 0 Å². The molecule has 20 heavy (non-hydrogen) atoms. The normalized spacial score (nSPS) is 10.4. The zero-order valence-electron chi connectivity index (χ0n) is 10.7. The Morgan fingerprint density at radius 3 is 2.45 bits per heavy atom. The molecule has 2 aromatic carbocycles. The Hall–Kier alpha value is -2.46. The van der Waals surface area contributed by atoms with Crippen LogP contribution in [0.2, 0.25) is 0 Å². The van der Waals surface area contributed by atoms with E-state index in [0.29, 0.717) is 4.99 Å². The molecule has 0 radical (unpaired) electrons. The number of fused-ring (bicyclic) bond motifs is 1. The number of nitrogens with one attached hydrogen (secondary N) is 1. The number of rotatable bonds is 3. The Morgan fingerprint density at radius 2 is 1.70 bits per heavy atom. The van der Waals surface area contributed by atoms with Crippen molar-refractivity contribution >= 4 is 39.6 Å². The van der Waals surface area contributed by atoms with Crippen LogP contribution in [0.15, 0.2) is 60.7 Å². The van der Waals surface area contributed by atoms with Gasteiger partial charge in [-0.3, -0.25) is 0 Å². The minimum absolute atomic E-state index is 0.375. The summed E-state index contributed by atoms with van der Waals surface area (Å²) in [7, 11) is 0. The molecule has 0 bridgehead atoms. The number of para-hydroxylation sites is 2. The van der Waals surface area contributed by atoms with Gasteiger partial charge in [0.1, 0.15) is 10.8 Å². The van der Waals surface area contributed by atoms with Gasteiger partial charge in [0.25, 0.3) is 0 Å². The molecule has 0 aliphatic heterocycles. The minimum Gasteiger partial charge on any atom is -0.389 e. The molecular weight excluding hydrogens is 266 g/mol. The summed E-state index contributed by atoms with van der Waals surface area (Å²) in [5.74, 6) is 0.734. The largest absolute Gasteiger partial charge is 0.389 e. The summed E-state index contributed by atoms with van der Waals surface area (Å²) >= 11 is 5.14. The first kappa shape index (κ1) is 12.6. The summed E-state index contributed by atoms with van der Waals surface area (Å²) in [5.41, 5.74) is 8.50. The van der Waals surface area contributed by atoms with Gasteiger partial charge in [-0.1, -0.05) is 48.6 Å². The van der Waals surface area contributed by atoms with Crippen LogP contribution in [-0.4, -0.2) is 9.97 Å². The summed E-state index contributed by atoms with van der Waals surface area (Å²) in [6.07, 6.45) is 0. The minimum atomic E-state index is 0.375. The van der Waals surface area contributed by atoms with Gasteiger partial charge >= 0.3 is 0 Å². The molecule has 1 aromatic heterocycles. The molecule has 0 unspecified atom stereocenters. The fourth-order valence-corrected chi connectivity index (χ4v) is 2.28. The van der Waals surface area contributed by atoms with E-state index in [2.05, 4.69) is 10.3 Å². The van der Waals surface area contributed by atoms with Crippen LogP contribution in [0, 0.1) is 0 Å². The maximum Gasteiger partial charge on any atom is 0.131 e. The fourth-order valence-electron chi connectivity index (χ4n) is 2.11. The van der Waals surface area contributed by atoms with E-state index >= 15 is 0 Å². The average Bonchev–Trinajstić information content (AvgIpc) is 2.47. The molecule has 3 nitrogen and oxygen atoms in total. The molecule has 0 spiro atoms. The van der Waals surface area contributed by atoms with Gasteiger partial charge in [0.05, 0.1) is 5.52 Å². The van der Waals surface area contributed by atoms with Gasteiger partial charge in [0.2, 0.25) is 0 Å². The van der Waals surface area contributed by atoms with Crippen molar-refractivity contribution in [1.82, 2.24) is 4.98 Å². The van der Waals surface area contributed by atoms with Crippen molar-refractivity contribution in [2.24, 2.45) is 5.73 Å². The summed E-state index contributed by atoms with van der Waals surface area (Å²) in [4.78, 5) is 4.96. The zero-order valence-corrected chi connectivity index (χ0v) is 11.5. The summed E-state index contributed by atoms with van der Waals surface area (Å²) < 4.78 is 0. The second-order valence-electron chi connectivity index (χ2n) is 4.43. The number of nitrogens with two attached hydrogens (primary N) is 1. The SMILES string of the molecule is NC(=S)c1cc(Nc2ccccc2)nc2ccccc12. The fraction of sp³-hybridized carbons (Fsp3) is 0. The van der Waals surface area contributed by atoms with Crippen LogP contribution in [-0.2, 0) is 0 Å². The van der Waals surface area contributed by atoms with Gasteiger partial charge < -0.3 is 11.1 Å². The quantitative estimate of drug-likeness (QED) is 0.719. The van der Waals surface area contributed by atoms with Gasteiger partial charge in [0, 0.05) is 16.6 Å². The van der Waals surface area contributed by atoms with Gasteiger partial charge in [-0.15, -0.1) is 0 Å². The number of thiocarbonyl (C=S) groups is 1. The van der Waals surface area contributed by atoms with Crippen molar-refractivity contribution in [3.05, 3.63) is 66.2 Å². The third kappa shape index (κ3) is 2.46. The predicted octanol–water partition coefficient (Wildman–Crippen LogP) is 3.61. The molecule has 0 aliphatic carbocycles. The van der Waals surface area contributed by atoms with E-state index in [1.54, 1.807) is 0 Å². The van der Waals surface area contributed by atoms with E-state index in [-0.39, 0.29) is 0 Å². The Labute approximate surface area is 122 Å². The average molecular weight is 279 g/mol. The van der Waals surface area contributed by atoms with Crippen molar-refractivity contribution in [2.45, 2.75) is 0 Å². The van der Waals surface area contributed by atoms with Crippen molar-refractivity contribution in [1.29, 1.82) is 0 Å². The Balaban J connectivity index is 2.10. The maximum atomic E-state index is 5.82. The Bertz CT molecular complexity index is 769. The van der Waals surface area contributed by atoms with Crippen molar-refractivity contribution in [3.8, 4) is 0 Å². The van der Waals surface area contributed by atoms with Crippen molar-refractivity contribution in [3.63, 3.8) is 0 Å². The number of nitrogens with zero attached hydrogens (tertiary/aromatic N) is 1. The van der Waals surface area contributed by atoms with Crippen molar-refractivity contribution in [2.75, 3.05) is 5.32 Å². The first-order chi connectivity index (χ1) is 9.74. The van der Waals surface area contributed by atoms with Crippen LogP contribution in [0.4, 0.5) is 11.5 Å². The monoisotopic (exact) mass is 279 g/mol. The molecule has 0 fully saturated rings. The van der Waals surface area contributed by atoms with E-state index in [4.69, 9.17) is 18.0 Å². The highest BCUT2D eigenvalue weighted by atomic mass is 32.1. The lowest BCUT2D eigenvalue weighted by molar-refractivity contribution is 1.37. The highest BCUT2D eigenvalue weighted by Crippen LogP contribution is 2.23. The van der Waals surface area contributed by atoms with Crippen LogP contribution >= 0.6 is 12.2 Å². The zero-order chi connectivity index (χ0) is 13.9. The smallest absolute Gasteiger partial charge is 0.131 e. The molecule has 1 heterocycles. The molecule has 0 aliphatic rings. The second kappa shape index (κ2) is 5.27. The molecule has 0 saturated heterocycles. The van der Waals surface area contributed by atoms with E-state index < -0.39 is 0 Å². The maximum absolute atomic E-state index is 5.82. The lowest BCUT2D eigenvalue weighted by atomic mass is 10.1. The van der Waals surface area contributed by atoms with E-state index in [1.165, 1.54) is 0 Å². The summed E-state index contributed by atoms with van der Waals surface area (Å²) in [5, 5.41) is 4.24. The van der Waals surface area contributed by atoms with Gasteiger partial charge in [-0.2, -0.15) is 0 Å². The van der Waals surface area contributed by atoms with Crippen LogP contribution in [0.5, 0.6) is 0 Å². The molecule has 98 valence electrons. The van der Waals surface area contributed by atoms with Crippen LogP contribution in [0.1, 0.15) is 5.56 Å². The standard InChI is InChI=1S/C16H13N3S/c17-16(20)13-10-15(18-11-6-2-1-3-7-11)19-14-9-5-4-8-12(13)14/h1-10H,(H2,17,20)(H,18,19). The van der Waals surface area contributed by atoms with Gasteiger partial charge in [-0.25, -0.2) is 4.98 Å². The highest BCUT2D eigenvalue weighted by Gasteiger charge is 2.07. The van der Waals surface area contributed by atoms with E-state index in [9.17, 15) is 0 Å². The molecular formula is C16H13N3S. The van der Waals surface area contributed by atoms with Crippen LogP contribution in [0.3, 0.4) is 0 Å². The molecule has 0 amide bonds. The molecule has 3 aromatic rings. The Morgan fingerprint density at radius 1 is 1.00 bits per heavy atom.